The number of hydrogen-bond donors (Lipinski definition) is 8. The summed E-state index contributed by atoms with van der Waals surface area (Å²) in [6.45, 7) is -0.381. The van der Waals surface area contributed by atoms with Gasteiger partial charge in [-0.2, -0.15) is 16.8 Å². The van der Waals surface area contributed by atoms with E-state index in [1.807, 2.05) is 0 Å². The van der Waals surface area contributed by atoms with Crippen LogP contribution in [-0.2, 0) is 29.8 Å². The summed E-state index contributed by atoms with van der Waals surface area (Å²) in [7, 11) is -9.26. The number of phenolic OH excluding ortho intramolecular Hbond substituents is 2. The molecule has 0 radical (unpaired) electrons. The number of carboxylic acids is 2. The Balaban J connectivity index is 2.13. The number of carbonyl (C=O) groups is 2. The van der Waals surface area contributed by atoms with Crippen molar-refractivity contribution in [2.45, 2.75) is 21.9 Å². The molecule has 34 heavy (non-hydrogen) atoms. The Kier molecular flexibility index (Phi) is 8.19. The van der Waals surface area contributed by atoms with Gasteiger partial charge in [0.15, 0.2) is 0 Å². The molecule has 0 aromatic heterocycles. The van der Waals surface area contributed by atoms with Crippen LogP contribution >= 0.6 is 0 Å². The molecular weight excluding hydrogens is 500 g/mol. The van der Waals surface area contributed by atoms with E-state index in [0.29, 0.717) is 12.1 Å². The topological polar surface area (TPSA) is 248 Å². The van der Waals surface area contributed by atoms with Crippen molar-refractivity contribution in [2.75, 3.05) is 13.1 Å². The molecule has 2 aromatic rings. The highest BCUT2D eigenvalue weighted by Gasteiger charge is 2.26. The average molecular weight is 520 g/mol. The van der Waals surface area contributed by atoms with Crippen molar-refractivity contribution in [3.05, 3.63) is 47.5 Å². The molecule has 0 heterocycles. The van der Waals surface area contributed by atoms with E-state index in [1.165, 1.54) is 0 Å². The first kappa shape index (κ1) is 27.0. The molecule has 14 nitrogen and oxygen atoms in total. The normalized spacial score (nSPS) is 13.8. The summed E-state index contributed by atoms with van der Waals surface area (Å²) in [5, 5.41) is 43.9. The van der Waals surface area contributed by atoms with Gasteiger partial charge in [0.05, 0.1) is 9.79 Å². The standard InChI is InChI=1S/C18H20N2O12S2/c21-13-7-9(33(27,28)29)1-3-11(13)15(17(23)24)19-5-6-20-16(18(25)26)12-4-2-10(8-14(12)22)34(30,31)32/h1-4,7-8,15-16,19-22H,5-6H2,(H,23,24)(H,25,26)(H,27,28,29)(H,30,31,32). The fraction of sp³-hybridized carbons (Fsp3) is 0.222. The highest BCUT2D eigenvalue weighted by atomic mass is 32.2. The van der Waals surface area contributed by atoms with Gasteiger partial charge in [0.25, 0.3) is 20.2 Å². The summed E-state index contributed by atoms with van der Waals surface area (Å²) in [5.74, 6) is -4.36. The molecule has 2 aromatic carbocycles. The number of phenols is 2. The van der Waals surface area contributed by atoms with E-state index in [0.717, 1.165) is 24.3 Å². The van der Waals surface area contributed by atoms with E-state index in [2.05, 4.69) is 10.6 Å². The third-order valence-electron chi connectivity index (χ3n) is 4.54. The van der Waals surface area contributed by atoms with Crippen LogP contribution in [0.4, 0.5) is 0 Å². The van der Waals surface area contributed by atoms with E-state index in [4.69, 9.17) is 9.11 Å². The monoisotopic (exact) mass is 520 g/mol. The zero-order chi connectivity index (χ0) is 25.8. The number of aromatic hydroxyl groups is 2. The highest BCUT2D eigenvalue weighted by molar-refractivity contribution is 7.86. The van der Waals surface area contributed by atoms with Gasteiger partial charge in [0, 0.05) is 36.3 Å². The number of benzene rings is 2. The van der Waals surface area contributed by atoms with Crippen LogP contribution in [0, 0.1) is 0 Å². The third kappa shape index (κ3) is 6.62. The van der Waals surface area contributed by atoms with Crippen molar-refractivity contribution in [2.24, 2.45) is 0 Å². The minimum atomic E-state index is -4.63. The Morgan fingerprint density at radius 3 is 1.26 bits per heavy atom. The maximum Gasteiger partial charge on any atom is 0.325 e. The second kappa shape index (κ2) is 10.3. The minimum Gasteiger partial charge on any atom is -0.508 e. The number of nitrogens with one attached hydrogen (secondary N) is 2. The third-order valence-corrected chi connectivity index (χ3v) is 6.24. The van der Waals surface area contributed by atoms with E-state index in [-0.39, 0.29) is 24.2 Å². The summed E-state index contributed by atoms with van der Waals surface area (Å²) >= 11 is 0. The molecule has 0 fully saturated rings. The molecule has 0 aliphatic carbocycles. The zero-order valence-electron chi connectivity index (χ0n) is 17.0. The first-order chi connectivity index (χ1) is 15.6. The van der Waals surface area contributed by atoms with Crippen LogP contribution in [0.3, 0.4) is 0 Å². The van der Waals surface area contributed by atoms with Gasteiger partial charge in [0.1, 0.15) is 23.6 Å². The van der Waals surface area contributed by atoms with Crippen molar-refractivity contribution in [1.82, 2.24) is 10.6 Å². The number of rotatable bonds is 11. The largest absolute Gasteiger partial charge is 0.508 e. The number of carboxylic acid groups (broad SMARTS) is 2. The fourth-order valence-electron chi connectivity index (χ4n) is 2.95. The van der Waals surface area contributed by atoms with Crippen molar-refractivity contribution < 1.29 is 56.0 Å². The zero-order valence-corrected chi connectivity index (χ0v) is 18.6. The molecule has 8 N–H and O–H groups in total. The van der Waals surface area contributed by atoms with Crippen LogP contribution in [-0.4, -0.2) is 71.4 Å². The van der Waals surface area contributed by atoms with Gasteiger partial charge in [-0.05, 0) is 12.1 Å². The molecule has 0 saturated carbocycles. The van der Waals surface area contributed by atoms with Gasteiger partial charge >= 0.3 is 11.9 Å². The Hall–Kier alpha value is -3.28. The van der Waals surface area contributed by atoms with Crippen LogP contribution in [0.1, 0.15) is 23.2 Å². The SMILES string of the molecule is O=C(O)C(NCCNC(C(=O)O)c1ccc(S(=O)(=O)O)cc1O)c1ccc(S(=O)(=O)O)cc1O. The van der Waals surface area contributed by atoms with Crippen LogP contribution in [0.2, 0.25) is 0 Å². The number of hydrogen-bond acceptors (Lipinski definition) is 10. The average Bonchev–Trinajstić information content (AvgIpc) is 2.70. The highest BCUT2D eigenvalue weighted by Crippen LogP contribution is 2.29. The van der Waals surface area contributed by atoms with Crippen LogP contribution < -0.4 is 10.6 Å². The Morgan fingerprint density at radius 1 is 0.706 bits per heavy atom. The van der Waals surface area contributed by atoms with E-state index >= 15 is 0 Å². The lowest BCUT2D eigenvalue weighted by atomic mass is 10.1. The lowest BCUT2D eigenvalue weighted by Gasteiger charge is -2.19. The van der Waals surface area contributed by atoms with Crippen molar-refractivity contribution in [3.63, 3.8) is 0 Å². The molecule has 0 saturated heterocycles. The van der Waals surface area contributed by atoms with Crippen molar-refractivity contribution >= 4 is 32.2 Å². The molecular formula is C18H20N2O12S2. The Morgan fingerprint density at radius 2 is 1.03 bits per heavy atom. The van der Waals surface area contributed by atoms with Crippen molar-refractivity contribution in [3.8, 4) is 11.5 Å². The summed E-state index contributed by atoms with van der Waals surface area (Å²) in [6, 6.07) is 1.99. The summed E-state index contributed by atoms with van der Waals surface area (Å²) < 4.78 is 62.5. The van der Waals surface area contributed by atoms with E-state index in [1.54, 1.807) is 0 Å². The Labute approximate surface area is 193 Å². The van der Waals surface area contributed by atoms with Gasteiger partial charge in [-0.1, -0.05) is 12.1 Å². The first-order valence-corrected chi connectivity index (χ1v) is 12.0. The molecule has 2 unspecified atom stereocenters. The first-order valence-electron chi connectivity index (χ1n) is 9.16. The van der Waals surface area contributed by atoms with Gasteiger partial charge in [0.2, 0.25) is 0 Å². The van der Waals surface area contributed by atoms with Crippen LogP contribution in [0.15, 0.2) is 46.2 Å². The summed E-state index contributed by atoms with van der Waals surface area (Å²) in [4.78, 5) is 21.9. The second-order valence-electron chi connectivity index (χ2n) is 6.84. The fourth-order valence-corrected chi connectivity index (χ4v) is 3.95. The summed E-state index contributed by atoms with van der Waals surface area (Å²) in [6.07, 6.45) is 0. The van der Waals surface area contributed by atoms with Crippen LogP contribution in [0.5, 0.6) is 11.5 Å². The van der Waals surface area contributed by atoms with Gasteiger partial charge in [-0.25, -0.2) is 0 Å². The molecule has 16 heteroatoms. The van der Waals surface area contributed by atoms with E-state index in [9.17, 15) is 46.9 Å². The molecule has 0 bridgehead atoms. The predicted octanol–water partition coefficient (Wildman–Crippen LogP) is -0.278. The quantitative estimate of drug-likeness (QED) is 0.140. The van der Waals surface area contributed by atoms with Gasteiger partial charge in [-0.3, -0.25) is 29.3 Å². The molecule has 0 amide bonds. The number of aliphatic carboxylic acids is 2. The predicted molar refractivity (Wildman–Crippen MR) is 113 cm³/mol. The molecule has 0 spiro atoms. The Bertz CT molecular complexity index is 1210. The molecule has 0 aliphatic rings. The van der Waals surface area contributed by atoms with Gasteiger partial charge in [-0.15, -0.1) is 0 Å². The molecule has 2 rings (SSSR count). The maximum absolute atomic E-state index is 11.6. The lowest BCUT2D eigenvalue weighted by Crippen LogP contribution is -2.37. The molecule has 2 atom stereocenters. The van der Waals surface area contributed by atoms with Crippen molar-refractivity contribution in [1.29, 1.82) is 0 Å². The minimum absolute atomic E-state index is 0.190. The lowest BCUT2D eigenvalue weighted by molar-refractivity contribution is -0.141. The van der Waals surface area contributed by atoms with Crippen LogP contribution in [0.25, 0.3) is 0 Å². The summed E-state index contributed by atoms with van der Waals surface area (Å²) in [5.41, 5.74) is -0.457. The smallest absolute Gasteiger partial charge is 0.325 e. The molecule has 0 aliphatic heterocycles. The van der Waals surface area contributed by atoms with E-state index < -0.39 is 65.5 Å². The second-order valence-corrected chi connectivity index (χ2v) is 9.69. The van der Waals surface area contributed by atoms with Gasteiger partial charge < -0.3 is 20.4 Å². The maximum atomic E-state index is 11.6. The molecule has 186 valence electrons.